The van der Waals surface area contributed by atoms with Crippen molar-refractivity contribution in [2.24, 2.45) is 0 Å². The molecule has 1 fully saturated rings. The van der Waals surface area contributed by atoms with E-state index in [-0.39, 0.29) is 0 Å². The van der Waals surface area contributed by atoms with E-state index in [4.69, 9.17) is 22.2 Å². The number of anilines is 1. The van der Waals surface area contributed by atoms with Gasteiger partial charge >= 0.3 is 0 Å². The molecule has 1 aliphatic carbocycles. The summed E-state index contributed by atoms with van der Waals surface area (Å²) in [6.07, 6.45) is 6.93. The van der Waals surface area contributed by atoms with Gasteiger partial charge in [-0.25, -0.2) is 0 Å². The van der Waals surface area contributed by atoms with Crippen LogP contribution in [-0.4, -0.2) is 24.4 Å². The first kappa shape index (κ1) is 16.7. The second-order valence-electron chi connectivity index (χ2n) is 5.54. The van der Waals surface area contributed by atoms with E-state index in [0.717, 1.165) is 30.8 Å². The lowest BCUT2D eigenvalue weighted by Crippen LogP contribution is -2.30. The summed E-state index contributed by atoms with van der Waals surface area (Å²) in [6, 6.07) is 9.87. The number of rotatable bonds is 7. The molecule has 0 amide bonds. The van der Waals surface area contributed by atoms with Gasteiger partial charge in [0, 0.05) is 18.8 Å². The van der Waals surface area contributed by atoms with E-state index in [2.05, 4.69) is 16.7 Å². The number of hydrogen-bond acceptors (Lipinski definition) is 3. The van der Waals surface area contributed by atoms with Gasteiger partial charge in [0.2, 0.25) is 0 Å². The smallest absolute Gasteiger partial charge is 0.170 e. The highest BCUT2D eigenvalue weighted by molar-refractivity contribution is 7.80. The van der Waals surface area contributed by atoms with Crippen LogP contribution in [0.4, 0.5) is 5.69 Å². The standard InChI is InChI=1S/C17H23N3OS/c18-11-10-14-6-8-15(9-7-14)20-17(22)19-12-3-13-21-16-4-1-2-5-16/h6-9,16H,1-5,10,12-13H2,(H2,19,20,22). The van der Waals surface area contributed by atoms with Gasteiger partial charge in [0.15, 0.2) is 5.11 Å². The average Bonchev–Trinajstić information content (AvgIpc) is 3.02. The Labute approximate surface area is 137 Å². The number of nitriles is 1. The third-order valence-electron chi connectivity index (χ3n) is 3.76. The molecule has 0 spiro atoms. The summed E-state index contributed by atoms with van der Waals surface area (Å²) in [7, 11) is 0. The molecule has 0 radical (unpaired) electrons. The number of ether oxygens (including phenoxy) is 1. The molecule has 0 unspecified atom stereocenters. The van der Waals surface area contributed by atoms with Crippen LogP contribution in [0.3, 0.4) is 0 Å². The Kier molecular flexibility index (Phi) is 7.14. The second-order valence-corrected chi connectivity index (χ2v) is 5.95. The van der Waals surface area contributed by atoms with Crippen LogP contribution in [0, 0.1) is 11.3 Å². The van der Waals surface area contributed by atoms with Crippen LogP contribution in [0.5, 0.6) is 0 Å². The first-order chi connectivity index (χ1) is 10.8. The molecular formula is C17H23N3OS. The summed E-state index contributed by atoms with van der Waals surface area (Å²) < 4.78 is 5.81. The summed E-state index contributed by atoms with van der Waals surface area (Å²) in [4.78, 5) is 0. The molecular weight excluding hydrogens is 294 g/mol. The largest absolute Gasteiger partial charge is 0.378 e. The molecule has 0 aliphatic heterocycles. The van der Waals surface area contributed by atoms with E-state index in [1.165, 1.54) is 25.7 Å². The molecule has 2 rings (SSSR count). The lowest BCUT2D eigenvalue weighted by molar-refractivity contribution is 0.0574. The van der Waals surface area contributed by atoms with Crippen molar-refractivity contribution >= 4 is 23.0 Å². The van der Waals surface area contributed by atoms with Gasteiger partial charge in [-0.1, -0.05) is 25.0 Å². The SMILES string of the molecule is N#CCc1ccc(NC(=S)NCCCOC2CCCC2)cc1. The Morgan fingerprint density at radius 2 is 2.00 bits per heavy atom. The minimum Gasteiger partial charge on any atom is -0.378 e. The number of nitrogens with one attached hydrogen (secondary N) is 2. The fourth-order valence-corrected chi connectivity index (χ4v) is 2.77. The van der Waals surface area contributed by atoms with Crippen molar-refractivity contribution in [1.29, 1.82) is 5.26 Å². The lowest BCUT2D eigenvalue weighted by Gasteiger charge is -2.13. The number of thiocarbonyl (C=S) groups is 1. The number of hydrogen-bond donors (Lipinski definition) is 2. The monoisotopic (exact) mass is 317 g/mol. The molecule has 0 saturated heterocycles. The second kappa shape index (κ2) is 9.39. The molecule has 4 nitrogen and oxygen atoms in total. The van der Waals surface area contributed by atoms with Crippen LogP contribution in [0.2, 0.25) is 0 Å². The highest BCUT2D eigenvalue weighted by atomic mass is 32.1. The molecule has 22 heavy (non-hydrogen) atoms. The molecule has 0 heterocycles. The van der Waals surface area contributed by atoms with Crippen LogP contribution < -0.4 is 10.6 Å². The number of benzene rings is 1. The predicted molar refractivity (Wildman–Crippen MR) is 92.8 cm³/mol. The third kappa shape index (κ3) is 6.00. The Balaban J connectivity index is 1.58. The summed E-state index contributed by atoms with van der Waals surface area (Å²) in [5.74, 6) is 0. The van der Waals surface area contributed by atoms with E-state index in [9.17, 15) is 0 Å². The van der Waals surface area contributed by atoms with Crippen LogP contribution in [0.1, 0.15) is 37.7 Å². The fourth-order valence-electron chi connectivity index (χ4n) is 2.55. The minimum absolute atomic E-state index is 0.434. The van der Waals surface area contributed by atoms with Crippen LogP contribution in [0.15, 0.2) is 24.3 Å². The predicted octanol–water partition coefficient (Wildman–Crippen LogP) is 3.39. The molecule has 0 aromatic heterocycles. The normalized spacial score (nSPS) is 14.5. The maximum Gasteiger partial charge on any atom is 0.170 e. The maximum absolute atomic E-state index is 8.64. The van der Waals surface area contributed by atoms with Gasteiger partial charge in [0.05, 0.1) is 18.6 Å². The zero-order chi connectivity index (χ0) is 15.6. The highest BCUT2D eigenvalue weighted by Gasteiger charge is 2.14. The summed E-state index contributed by atoms with van der Waals surface area (Å²) in [5.41, 5.74) is 1.94. The van der Waals surface area contributed by atoms with Crippen molar-refractivity contribution in [3.05, 3.63) is 29.8 Å². The van der Waals surface area contributed by atoms with E-state index >= 15 is 0 Å². The Hall–Kier alpha value is -1.64. The Morgan fingerprint density at radius 3 is 2.68 bits per heavy atom. The van der Waals surface area contributed by atoms with Crippen molar-refractivity contribution in [2.45, 2.75) is 44.6 Å². The van der Waals surface area contributed by atoms with Gasteiger partial charge in [-0.05, 0) is 49.2 Å². The average molecular weight is 317 g/mol. The molecule has 1 aromatic rings. The van der Waals surface area contributed by atoms with Gasteiger partial charge in [-0.2, -0.15) is 5.26 Å². The Bertz CT molecular complexity index is 504. The molecule has 5 heteroatoms. The lowest BCUT2D eigenvalue weighted by atomic mass is 10.1. The molecule has 1 aliphatic rings. The summed E-state index contributed by atoms with van der Waals surface area (Å²) in [6.45, 7) is 1.61. The van der Waals surface area contributed by atoms with Crippen molar-refractivity contribution < 1.29 is 4.74 Å². The van der Waals surface area contributed by atoms with Crippen molar-refractivity contribution in [3.63, 3.8) is 0 Å². The van der Waals surface area contributed by atoms with Gasteiger partial charge < -0.3 is 15.4 Å². The minimum atomic E-state index is 0.434. The van der Waals surface area contributed by atoms with Crippen molar-refractivity contribution in [3.8, 4) is 6.07 Å². The van der Waals surface area contributed by atoms with Crippen molar-refractivity contribution in [2.75, 3.05) is 18.5 Å². The van der Waals surface area contributed by atoms with Crippen LogP contribution in [-0.2, 0) is 11.2 Å². The van der Waals surface area contributed by atoms with Gasteiger partial charge in [0.25, 0.3) is 0 Å². The van der Waals surface area contributed by atoms with E-state index in [0.29, 0.717) is 17.6 Å². The van der Waals surface area contributed by atoms with Crippen LogP contribution >= 0.6 is 12.2 Å². The zero-order valence-corrected chi connectivity index (χ0v) is 13.6. The molecule has 1 aromatic carbocycles. The fraction of sp³-hybridized carbons (Fsp3) is 0.529. The molecule has 1 saturated carbocycles. The first-order valence-corrected chi connectivity index (χ1v) is 8.31. The van der Waals surface area contributed by atoms with E-state index in [1.807, 2.05) is 24.3 Å². The highest BCUT2D eigenvalue weighted by Crippen LogP contribution is 2.20. The topological polar surface area (TPSA) is 57.1 Å². The first-order valence-electron chi connectivity index (χ1n) is 7.90. The van der Waals surface area contributed by atoms with E-state index in [1.54, 1.807) is 0 Å². The molecule has 118 valence electrons. The quantitative estimate of drug-likeness (QED) is 0.596. The van der Waals surface area contributed by atoms with E-state index < -0.39 is 0 Å². The van der Waals surface area contributed by atoms with Crippen LogP contribution in [0.25, 0.3) is 0 Å². The zero-order valence-electron chi connectivity index (χ0n) is 12.8. The van der Waals surface area contributed by atoms with Crippen molar-refractivity contribution in [1.82, 2.24) is 5.32 Å². The van der Waals surface area contributed by atoms with Gasteiger partial charge in [0.1, 0.15) is 0 Å². The maximum atomic E-state index is 8.64. The molecule has 0 atom stereocenters. The molecule has 2 N–H and O–H groups in total. The summed E-state index contributed by atoms with van der Waals surface area (Å²) in [5, 5.41) is 15.6. The Morgan fingerprint density at radius 1 is 1.27 bits per heavy atom. The number of nitrogens with zero attached hydrogens (tertiary/aromatic N) is 1. The van der Waals surface area contributed by atoms with Gasteiger partial charge in [-0.3, -0.25) is 0 Å². The summed E-state index contributed by atoms with van der Waals surface area (Å²) >= 11 is 5.26. The third-order valence-corrected chi connectivity index (χ3v) is 4.00. The van der Waals surface area contributed by atoms with Gasteiger partial charge in [-0.15, -0.1) is 0 Å². The molecule has 0 bridgehead atoms.